The summed E-state index contributed by atoms with van der Waals surface area (Å²) >= 11 is 2.04. The topological polar surface area (TPSA) is 15.3 Å². The molecular formula is C21H38N2S. The van der Waals surface area contributed by atoms with Crippen molar-refractivity contribution < 1.29 is 0 Å². The Labute approximate surface area is 154 Å². The van der Waals surface area contributed by atoms with Gasteiger partial charge in [0.05, 0.1) is 0 Å². The zero-order chi connectivity index (χ0) is 17.7. The molecule has 0 amide bonds. The van der Waals surface area contributed by atoms with Crippen molar-refractivity contribution in [3.8, 4) is 0 Å². The number of unbranched alkanes of at least 4 members (excludes halogenated alkanes) is 1. The van der Waals surface area contributed by atoms with E-state index in [1.807, 2.05) is 11.8 Å². The van der Waals surface area contributed by atoms with Gasteiger partial charge < -0.3 is 5.32 Å². The molecule has 0 spiro atoms. The lowest BCUT2D eigenvalue weighted by Crippen LogP contribution is -2.43. The molecule has 1 aromatic carbocycles. The van der Waals surface area contributed by atoms with Gasteiger partial charge in [-0.25, -0.2) is 0 Å². The van der Waals surface area contributed by atoms with Gasteiger partial charge in [-0.05, 0) is 77.5 Å². The van der Waals surface area contributed by atoms with Crippen molar-refractivity contribution in [1.29, 1.82) is 0 Å². The summed E-state index contributed by atoms with van der Waals surface area (Å²) in [5.41, 5.74) is 1.73. The second kappa shape index (κ2) is 12.8. The van der Waals surface area contributed by atoms with E-state index in [1.165, 1.54) is 50.1 Å². The highest BCUT2D eigenvalue weighted by molar-refractivity contribution is 7.98. The molecule has 24 heavy (non-hydrogen) atoms. The van der Waals surface area contributed by atoms with E-state index in [9.17, 15) is 0 Å². The molecule has 0 aliphatic heterocycles. The highest BCUT2D eigenvalue weighted by Crippen LogP contribution is 2.14. The molecule has 2 nitrogen and oxygen atoms in total. The minimum atomic E-state index is 0.295. The van der Waals surface area contributed by atoms with Gasteiger partial charge in [0.1, 0.15) is 0 Å². The lowest BCUT2D eigenvalue weighted by Gasteiger charge is -2.35. The van der Waals surface area contributed by atoms with E-state index < -0.39 is 0 Å². The highest BCUT2D eigenvalue weighted by Gasteiger charge is 2.19. The van der Waals surface area contributed by atoms with Gasteiger partial charge in [0.2, 0.25) is 0 Å². The fraction of sp³-hybridized carbons (Fsp3) is 0.714. The van der Waals surface area contributed by atoms with Crippen LogP contribution in [-0.4, -0.2) is 42.4 Å². The van der Waals surface area contributed by atoms with Crippen LogP contribution in [0.25, 0.3) is 0 Å². The molecule has 1 aromatic rings. The molecule has 0 radical (unpaired) electrons. The van der Waals surface area contributed by atoms with Crippen molar-refractivity contribution in [2.45, 2.75) is 64.7 Å². The summed E-state index contributed by atoms with van der Waals surface area (Å²) in [5.74, 6) is 2.38. The minimum absolute atomic E-state index is 0.295. The van der Waals surface area contributed by atoms with E-state index in [1.54, 1.807) is 0 Å². The Bertz CT molecular complexity index is 400. The molecular weight excluding hydrogens is 312 g/mol. The summed E-state index contributed by atoms with van der Waals surface area (Å²) in [4.78, 5) is 2.63. The second-order valence-electron chi connectivity index (χ2n) is 7.51. The number of nitrogens with one attached hydrogen (secondary N) is 1. The zero-order valence-electron chi connectivity index (χ0n) is 16.3. The molecule has 0 aliphatic carbocycles. The highest BCUT2D eigenvalue weighted by atomic mass is 32.2. The average molecular weight is 351 g/mol. The Morgan fingerprint density at radius 1 is 0.958 bits per heavy atom. The van der Waals surface area contributed by atoms with Crippen molar-refractivity contribution in [3.05, 3.63) is 35.9 Å². The summed E-state index contributed by atoms with van der Waals surface area (Å²) in [6.45, 7) is 14.0. The zero-order valence-corrected chi connectivity index (χ0v) is 17.1. The number of thioether (sulfide) groups is 1. The van der Waals surface area contributed by atoms with Crippen molar-refractivity contribution in [3.63, 3.8) is 0 Å². The average Bonchev–Trinajstić information content (AvgIpc) is 2.55. The van der Waals surface area contributed by atoms with Gasteiger partial charge in [0.25, 0.3) is 0 Å². The van der Waals surface area contributed by atoms with Crippen LogP contribution in [0.3, 0.4) is 0 Å². The largest absolute Gasteiger partial charge is 0.317 e. The third kappa shape index (κ3) is 10.4. The SMILES string of the molecule is CCCCN(CCCNCCCSCc1ccccc1)C(C)(C)C. The van der Waals surface area contributed by atoms with Crippen LogP contribution in [-0.2, 0) is 5.75 Å². The predicted octanol–water partition coefficient (Wildman–Crippen LogP) is 5.19. The third-order valence-corrected chi connectivity index (χ3v) is 5.38. The lowest BCUT2D eigenvalue weighted by molar-refractivity contribution is 0.132. The van der Waals surface area contributed by atoms with Crippen LogP contribution in [0.2, 0.25) is 0 Å². The molecule has 3 heteroatoms. The number of hydrogen-bond donors (Lipinski definition) is 1. The van der Waals surface area contributed by atoms with Gasteiger partial charge >= 0.3 is 0 Å². The first kappa shape index (κ1) is 21.5. The fourth-order valence-corrected chi connectivity index (χ4v) is 3.64. The molecule has 0 heterocycles. The Hall–Kier alpha value is -0.510. The van der Waals surface area contributed by atoms with Crippen molar-refractivity contribution in [2.75, 3.05) is 31.9 Å². The maximum absolute atomic E-state index is 3.61. The Balaban J connectivity index is 1.99. The van der Waals surface area contributed by atoms with E-state index in [2.05, 4.69) is 68.2 Å². The van der Waals surface area contributed by atoms with Crippen molar-refractivity contribution in [1.82, 2.24) is 10.2 Å². The molecule has 0 aromatic heterocycles. The van der Waals surface area contributed by atoms with Gasteiger partial charge in [-0.1, -0.05) is 43.7 Å². The first-order chi connectivity index (χ1) is 11.5. The first-order valence-corrected chi connectivity index (χ1v) is 10.8. The molecule has 1 rings (SSSR count). The van der Waals surface area contributed by atoms with Crippen LogP contribution in [0.15, 0.2) is 30.3 Å². The van der Waals surface area contributed by atoms with Gasteiger partial charge in [-0.15, -0.1) is 0 Å². The fourth-order valence-electron chi connectivity index (χ4n) is 2.72. The summed E-state index contributed by atoms with van der Waals surface area (Å²) < 4.78 is 0. The van der Waals surface area contributed by atoms with Crippen LogP contribution in [0, 0.1) is 0 Å². The predicted molar refractivity (Wildman–Crippen MR) is 111 cm³/mol. The van der Waals surface area contributed by atoms with Gasteiger partial charge in [-0.3, -0.25) is 4.90 Å². The van der Waals surface area contributed by atoms with Gasteiger partial charge in [0, 0.05) is 11.3 Å². The second-order valence-corrected chi connectivity index (χ2v) is 8.61. The maximum atomic E-state index is 3.61. The smallest absolute Gasteiger partial charge is 0.0184 e. The molecule has 0 fully saturated rings. The maximum Gasteiger partial charge on any atom is 0.0184 e. The Kier molecular flexibility index (Phi) is 11.5. The number of hydrogen-bond acceptors (Lipinski definition) is 3. The quantitative estimate of drug-likeness (QED) is 0.493. The van der Waals surface area contributed by atoms with Crippen LogP contribution in [0.5, 0.6) is 0 Å². The Morgan fingerprint density at radius 2 is 1.62 bits per heavy atom. The van der Waals surface area contributed by atoms with Crippen LogP contribution in [0.4, 0.5) is 0 Å². The molecule has 0 aliphatic rings. The lowest BCUT2D eigenvalue weighted by atomic mass is 10.0. The van der Waals surface area contributed by atoms with E-state index >= 15 is 0 Å². The molecule has 0 bridgehead atoms. The normalized spacial score (nSPS) is 12.0. The van der Waals surface area contributed by atoms with Gasteiger partial charge in [0.15, 0.2) is 0 Å². The summed E-state index contributed by atoms with van der Waals surface area (Å²) in [5, 5.41) is 3.61. The number of rotatable bonds is 13. The molecule has 0 unspecified atom stereocenters. The van der Waals surface area contributed by atoms with E-state index in [-0.39, 0.29) is 0 Å². The minimum Gasteiger partial charge on any atom is -0.317 e. The molecule has 1 N–H and O–H groups in total. The standard InChI is InChI=1S/C21H38N2S/c1-5-6-16-23(21(2,3)4)17-10-14-22-15-11-18-24-19-20-12-8-7-9-13-20/h7-9,12-13,22H,5-6,10-11,14-19H2,1-4H3. The van der Waals surface area contributed by atoms with Crippen molar-refractivity contribution in [2.24, 2.45) is 0 Å². The first-order valence-electron chi connectivity index (χ1n) is 9.61. The molecule has 0 saturated carbocycles. The molecule has 0 atom stereocenters. The van der Waals surface area contributed by atoms with E-state index in [0.29, 0.717) is 5.54 Å². The summed E-state index contributed by atoms with van der Waals surface area (Å²) in [6, 6.07) is 10.8. The van der Waals surface area contributed by atoms with Crippen LogP contribution in [0.1, 0.15) is 58.9 Å². The van der Waals surface area contributed by atoms with Crippen LogP contribution >= 0.6 is 11.8 Å². The molecule has 0 saturated heterocycles. The number of nitrogens with zero attached hydrogens (tertiary/aromatic N) is 1. The monoisotopic (exact) mass is 350 g/mol. The summed E-state index contributed by atoms with van der Waals surface area (Å²) in [6.07, 6.45) is 5.10. The third-order valence-electron chi connectivity index (χ3n) is 4.27. The molecule has 138 valence electrons. The Morgan fingerprint density at radius 3 is 2.29 bits per heavy atom. The van der Waals surface area contributed by atoms with E-state index in [4.69, 9.17) is 0 Å². The van der Waals surface area contributed by atoms with Crippen LogP contribution < -0.4 is 5.32 Å². The van der Waals surface area contributed by atoms with E-state index in [0.717, 1.165) is 18.8 Å². The summed E-state index contributed by atoms with van der Waals surface area (Å²) in [7, 11) is 0. The van der Waals surface area contributed by atoms with Gasteiger partial charge in [-0.2, -0.15) is 11.8 Å². The van der Waals surface area contributed by atoms with Crippen molar-refractivity contribution >= 4 is 11.8 Å². The number of benzene rings is 1.